The molecule has 0 aromatic heterocycles. The average Bonchev–Trinajstić information content (AvgIpc) is 2.96. The summed E-state index contributed by atoms with van der Waals surface area (Å²) < 4.78 is 15.7. The lowest BCUT2D eigenvalue weighted by molar-refractivity contribution is -0.385. The zero-order chi connectivity index (χ0) is 20.7. The van der Waals surface area contributed by atoms with Crippen molar-refractivity contribution in [2.24, 2.45) is 0 Å². The Morgan fingerprint density at radius 1 is 1.18 bits per heavy atom. The van der Waals surface area contributed by atoms with Crippen molar-refractivity contribution in [1.82, 2.24) is 4.90 Å². The summed E-state index contributed by atoms with van der Waals surface area (Å²) >= 11 is 0. The molecule has 154 valence electrons. The second-order valence-electron chi connectivity index (χ2n) is 6.50. The van der Waals surface area contributed by atoms with E-state index < -0.39 is 22.7 Å². The number of amides is 1. The molecular formula is C19H26N2O7. The first-order valence-corrected chi connectivity index (χ1v) is 9.38. The highest BCUT2D eigenvalue weighted by molar-refractivity contribution is 5.96. The smallest absolute Gasteiger partial charge is 0.346 e. The van der Waals surface area contributed by atoms with Crippen LogP contribution in [0.5, 0.6) is 11.5 Å². The van der Waals surface area contributed by atoms with Crippen LogP contribution >= 0.6 is 0 Å². The van der Waals surface area contributed by atoms with Gasteiger partial charge in [-0.3, -0.25) is 14.9 Å². The number of benzene rings is 1. The number of hydrogen-bond donors (Lipinski definition) is 0. The SMILES string of the molecule is CCOc1cc(C(=O)OC(C)C(=O)N2CCCCCC2)c([N+](=O)[O-])cc1OC. The van der Waals surface area contributed by atoms with E-state index in [0.29, 0.717) is 13.1 Å². The van der Waals surface area contributed by atoms with Crippen LogP contribution in [-0.4, -0.2) is 54.6 Å². The summed E-state index contributed by atoms with van der Waals surface area (Å²) in [6, 6.07) is 2.33. The molecule has 1 amide bonds. The Balaban J connectivity index is 2.22. The summed E-state index contributed by atoms with van der Waals surface area (Å²) in [4.78, 5) is 37.6. The molecule has 28 heavy (non-hydrogen) atoms. The van der Waals surface area contributed by atoms with Gasteiger partial charge in [-0.2, -0.15) is 0 Å². The molecule has 2 rings (SSSR count). The van der Waals surface area contributed by atoms with Gasteiger partial charge < -0.3 is 19.1 Å². The first kappa shape index (κ1) is 21.5. The Morgan fingerprint density at radius 2 is 1.82 bits per heavy atom. The number of hydrogen-bond acceptors (Lipinski definition) is 7. The number of nitro groups is 1. The van der Waals surface area contributed by atoms with Crippen LogP contribution < -0.4 is 9.47 Å². The van der Waals surface area contributed by atoms with Gasteiger partial charge in [0.1, 0.15) is 5.56 Å². The molecule has 0 radical (unpaired) electrons. The van der Waals surface area contributed by atoms with E-state index in [4.69, 9.17) is 14.2 Å². The number of carbonyl (C=O) groups is 2. The van der Waals surface area contributed by atoms with Gasteiger partial charge >= 0.3 is 5.97 Å². The van der Waals surface area contributed by atoms with E-state index in [9.17, 15) is 19.7 Å². The number of methoxy groups -OCH3 is 1. The van der Waals surface area contributed by atoms with Crippen LogP contribution in [-0.2, 0) is 9.53 Å². The molecule has 1 aliphatic heterocycles. The van der Waals surface area contributed by atoms with Crippen LogP contribution in [0.4, 0.5) is 5.69 Å². The van der Waals surface area contributed by atoms with Crippen LogP contribution in [0.3, 0.4) is 0 Å². The fourth-order valence-corrected chi connectivity index (χ4v) is 3.11. The van der Waals surface area contributed by atoms with Crippen LogP contribution in [0.2, 0.25) is 0 Å². The topological polar surface area (TPSA) is 108 Å². The van der Waals surface area contributed by atoms with E-state index in [0.717, 1.165) is 31.7 Å². The fraction of sp³-hybridized carbons (Fsp3) is 0.579. The van der Waals surface area contributed by atoms with E-state index in [-0.39, 0.29) is 29.6 Å². The Kier molecular flexibility index (Phi) is 7.60. The summed E-state index contributed by atoms with van der Waals surface area (Å²) in [5.74, 6) is -0.921. The van der Waals surface area contributed by atoms with Gasteiger partial charge in [0.05, 0.1) is 24.7 Å². The first-order valence-electron chi connectivity index (χ1n) is 9.38. The third-order valence-corrected chi connectivity index (χ3v) is 4.55. The predicted molar refractivity (Wildman–Crippen MR) is 101 cm³/mol. The van der Waals surface area contributed by atoms with E-state index in [2.05, 4.69) is 0 Å². The number of nitrogens with zero attached hydrogens (tertiary/aromatic N) is 2. The molecule has 1 saturated heterocycles. The lowest BCUT2D eigenvalue weighted by Crippen LogP contribution is -2.40. The average molecular weight is 394 g/mol. The normalized spacial score (nSPS) is 15.3. The van der Waals surface area contributed by atoms with Crippen molar-refractivity contribution in [3.8, 4) is 11.5 Å². The van der Waals surface area contributed by atoms with E-state index in [1.807, 2.05) is 0 Å². The second-order valence-corrected chi connectivity index (χ2v) is 6.50. The number of esters is 1. The molecule has 0 bridgehead atoms. The van der Waals surface area contributed by atoms with Gasteiger partial charge in [-0.05, 0) is 26.7 Å². The molecule has 1 aliphatic rings. The molecule has 0 aliphatic carbocycles. The summed E-state index contributed by atoms with van der Waals surface area (Å²) in [5.41, 5.74) is -0.760. The Morgan fingerprint density at radius 3 is 2.36 bits per heavy atom. The van der Waals surface area contributed by atoms with Crippen molar-refractivity contribution in [3.05, 3.63) is 27.8 Å². The Labute approximate surface area is 163 Å². The molecule has 1 aromatic carbocycles. The maximum atomic E-state index is 12.6. The number of rotatable bonds is 7. The highest BCUT2D eigenvalue weighted by atomic mass is 16.6. The van der Waals surface area contributed by atoms with Crippen molar-refractivity contribution in [2.45, 2.75) is 45.6 Å². The predicted octanol–water partition coefficient (Wildman–Crippen LogP) is 2.95. The van der Waals surface area contributed by atoms with Crippen molar-refractivity contribution < 1.29 is 28.7 Å². The molecule has 1 fully saturated rings. The minimum Gasteiger partial charge on any atom is -0.493 e. The third kappa shape index (κ3) is 5.11. The summed E-state index contributed by atoms with van der Waals surface area (Å²) in [6.07, 6.45) is 2.91. The number of ether oxygens (including phenoxy) is 3. The van der Waals surface area contributed by atoms with Gasteiger partial charge in [0.15, 0.2) is 17.6 Å². The second kappa shape index (κ2) is 9.91. The van der Waals surface area contributed by atoms with Crippen LogP contribution in [0.1, 0.15) is 49.9 Å². The lowest BCUT2D eigenvalue weighted by atomic mass is 10.1. The van der Waals surface area contributed by atoms with Crippen molar-refractivity contribution in [1.29, 1.82) is 0 Å². The molecule has 0 saturated carbocycles. The van der Waals surface area contributed by atoms with Crippen molar-refractivity contribution in [3.63, 3.8) is 0 Å². The van der Waals surface area contributed by atoms with Gasteiger partial charge in [-0.25, -0.2) is 4.79 Å². The molecule has 1 atom stereocenters. The van der Waals surface area contributed by atoms with Crippen LogP contribution in [0, 0.1) is 10.1 Å². The first-order chi connectivity index (χ1) is 13.4. The molecule has 0 spiro atoms. The van der Waals surface area contributed by atoms with Gasteiger partial charge in [0.2, 0.25) is 0 Å². The summed E-state index contributed by atoms with van der Waals surface area (Å²) in [6.45, 7) is 4.74. The molecule has 1 aromatic rings. The maximum absolute atomic E-state index is 12.6. The molecular weight excluding hydrogens is 368 g/mol. The number of likely N-dealkylation sites (tertiary alicyclic amines) is 1. The van der Waals surface area contributed by atoms with Gasteiger partial charge in [0.25, 0.3) is 11.6 Å². The zero-order valence-corrected chi connectivity index (χ0v) is 16.4. The molecule has 1 heterocycles. The number of nitro benzene ring substituents is 1. The maximum Gasteiger partial charge on any atom is 0.346 e. The molecule has 9 nitrogen and oxygen atoms in total. The highest BCUT2D eigenvalue weighted by Gasteiger charge is 2.30. The Bertz CT molecular complexity index is 727. The monoisotopic (exact) mass is 394 g/mol. The van der Waals surface area contributed by atoms with Gasteiger partial charge in [0, 0.05) is 19.2 Å². The zero-order valence-electron chi connectivity index (χ0n) is 16.4. The van der Waals surface area contributed by atoms with Gasteiger partial charge in [-0.1, -0.05) is 12.8 Å². The molecule has 1 unspecified atom stereocenters. The third-order valence-electron chi connectivity index (χ3n) is 4.55. The molecule has 9 heteroatoms. The van der Waals surface area contributed by atoms with Crippen molar-refractivity contribution >= 4 is 17.6 Å². The minimum atomic E-state index is -1.04. The molecule has 0 N–H and O–H groups in total. The van der Waals surface area contributed by atoms with E-state index in [1.54, 1.807) is 11.8 Å². The summed E-state index contributed by atoms with van der Waals surface area (Å²) in [7, 11) is 1.35. The summed E-state index contributed by atoms with van der Waals surface area (Å²) in [5, 5.41) is 11.4. The quantitative estimate of drug-likeness (QED) is 0.397. The minimum absolute atomic E-state index is 0.138. The fourth-order valence-electron chi connectivity index (χ4n) is 3.11. The van der Waals surface area contributed by atoms with Crippen LogP contribution in [0.15, 0.2) is 12.1 Å². The lowest BCUT2D eigenvalue weighted by Gasteiger charge is -2.24. The Hall–Kier alpha value is -2.84. The largest absolute Gasteiger partial charge is 0.493 e. The van der Waals surface area contributed by atoms with E-state index >= 15 is 0 Å². The van der Waals surface area contributed by atoms with E-state index in [1.165, 1.54) is 20.1 Å². The van der Waals surface area contributed by atoms with Gasteiger partial charge in [-0.15, -0.1) is 0 Å². The standard InChI is InChI=1S/C19H26N2O7/c1-4-27-17-11-14(15(21(24)25)12-16(17)26-3)19(23)28-13(2)18(22)20-9-7-5-6-8-10-20/h11-13H,4-10H2,1-3H3. The van der Waals surface area contributed by atoms with Crippen molar-refractivity contribution in [2.75, 3.05) is 26.8 Å². The highest BCUT2D eigenvalue weighted by Crippen LogP contribution is 2.35. The number of carbonyl (C=O) groups excluding carboxylic acids is 2. The van der Waals surface area contributed by atoms with Crippen LogP contribution in [0.25, 0.3) is 0 Å².